The van der Waals surface area contributed by atoms with Gasteiger partial charge in [-0.2, -0.15) is 0 Å². The molecule has 4 nitrogen and oxygen atoms in total. The molecule has 0 heterocycles. The van der Waals surface area contributed by atoms with Gasteiger partial charge in [-0.3, -0.25) is 9.59 Å². The van der Waals surface area contributed by atoms with Gasteiger partial charge in [0.05, 0.1) is 0 Å². The van der Waals surface area contributed by atoms with E-state index in [2.05, 4.69) is 29.3 Å². The number of hydrogen-bond donors (Lipinski definition) is 1. The maximum absolute atomic E-state index is 14.1. The monoisotopic (exact) mass is 440 g/mol. The highest BCUT2D eigenvalue weighted by Crippen LogP contribution is 2.35. The normalized spacial score (nSPS) is 24.9. The molecule has 32 heavy (non-hydrogen) atoms. The van der Waals surface area contributed by atoms with Crippen LogP contribution in [-0.2, 0) is 9.59 Å². The predicted molar refractivity (Wildman–Crippen MR) is 130 cm³/mol. The van der Waals surface area contributed by atoms with Gasteiger partial charge in [-0.1, -0.05) is 69.9 Å². The minimum Gasteiger partial charge on any atom is -0.352 e. The number of nitrogens with one attached hydrogen (secondary N) is 1. The summed E-state index contributed by atoms with van der Waals surface area (Å²) in [5.41, 5.74) is 1.95. The smallest absolute Gasteiger partial charge is 0.254 e. The molecule has 1 unspecified atom stereocenters. The van der Waals surface area contributed by atoms with Gasteiger partial charge in [0.1, 0.15) is 6.04 Å². The fourth-order valence-corrected chi connectivity index (χ4v) is 6.62. The molecule has 2 amide bonds. The van der Waals surface area contributed by atoms with E-state index in [4.69, 9.17) is 0 Å². The van der Waals surface area contributed by atoms with Crippen molar-refractivity contribution in [2.24, 2.45) is 5.92 Å². The summed E-state index contributed by atoms with van der Waals surface area (Å²) in [4.78, 5) is 30.2. The molecular formula is C28H44N2O2. The van der Waals surface area contributed by atoms with Crippen LogP contribution in [0.2, 0.25) is 0 Å². The van der Waals surface area contributed by atoms with Gasteiger partial charge in [-0.05, 0) is 69.8 Å². The molecule has 178 valence electrons. The fraction of sp³-hybridized carbons (Fsp3) is 0.786. The van der Waals surface area contributed by atoms with Crippen LogP contribution in [0.15, 0.2) is 23.3 Å². The largest absolute Gasteiger partial charge is 0.352 e. The van der Waals surface area contributed by atoms with Crippen molar-refractivity contribution < 1.29 is 9.59 Å². The van der Waals surface area contributed by atoms with E-state index in [1.54, 1.807) is 0 Å². The zero-order chi connectivity index (χ0) is 22.3. The summed E-state index contributed by atoms with van der Waals surface area (Å²) < 4.78 is 0. The highest BCUT2D eigenvalue weighted by Gasteiger charge is 2.42. The van der Waals surface area contributed by atoms with E-state index in [1.807, 2.05) is 0 Å². The standard InChI is InChI=1S/C28H44N2O2/c1-21-13-11-12-20-25(21)28(32)30(24-18-9-4-10-19-24)26(22-14-5-2-6-15-22)27(31)29-23-16-7-3-8-17-23/h13,20,22-24,26H,2-12,14-19H2,1H3,(H,29,31). The number of rotatable bonds is 6. The lowest BCUT2D eigenvalue weighted by molar-refractivity contribution is -0.144. The Balaban J connectivity index is 1.64. The van der Waals surface area contributed by atoms with Crippen LogP contribution in [-0.4, -0.2) is 34.8 Å². The molecular weight excluding hydrogens is 396 g/mol. The lowest BCUT2D eigenvalue weighted by atomic mass is 9.80. The summed E-state index contributed by atoms with van der Waals surface area (Å²) in [5.74, 6) is 0.562. The number of nitrogens with zero attached hydrogens (tertiary/aromatic N) is 1. The lowest BCUT2D eigenvalue weighted by Crippen LogP contribution is -2.59. The van der Waals surface area contributed by atoms with Crippen molar-refractivity contribution in [1.29, 1.82) is 0 Å². The molecule has 0 radical (unpaired) electrons. The van der Waals surface area contributed by atoms with Gasteiger partial charge in [0.25, 0.3) is 5.91 Å². The molecule has 3 saturated carbocycles. The summed E-state index contributed by atoms with van der Waals surface area (Å²) in [6.07, 6.45) is 23.6. The molecule has 4 aliphatic carbocycles. The quantitative estimate of drug-likeness (QED) is 0.533. The first kappa shape index (κ1) is 23.6. The van der Waals surface area contributed by atoms with Gasteiger partial charge in [0.2, 0.25) is 5.91 Å². The predicted octanol–water partition coefficient (Wildman–Crippen LogP) is 6.21. The topological polar surface area (TPSA) is 49.4 Å². The van der Waals surface area contributed by atoms with Crippen LogP contribution < -0.4 is 5.32 Å². The molecule has 1 N–H and O–H groups in total. The molecule has 0 aliphatic heterocycles. The molecule has 0 spiro atoms. The minimum atomic E-state index is -0.302. The van der Waals surface area contributed by atoms with Crippen molar-refractivity contribution in [2.75, 3.05) is 0 Å². The molecule has 1 atom stereocenters. The average Bonchev–Trinajstić information content (AvgIpc) is 2.84. The maximum Gasteiger partial charge on any atom is 0.254 e. The van der Waals surface area contributed by atoms with Crippen molar-refractivity contribution in [1.82, 2.24) is 10.2 Å². The Kier molecular flexibility index (Phi) is 8.49. The van der Waals surface area contributed by atoms with Crippen molar-refractivity contribution in [3.63, 3.8) is 0 Å². The molecule has 0 aromatic rings. The highest BCUT2D eigenvalue weighted by molar-refractivity contribution is 6.00. The van der Waals surface area contributed by atoms with Gasteiger partial charge in [-0.25, -0.2) is 0 Å². The lowest BCUT2D eigenvalue weighted by Gasteiger charge is -2.44. The Morgan fingerprint density at radius 1 is 0.812 bits per heavy atom. The average molecular weight is 441 g/mol. The first-order chi connectivity index (χ1) is 15.6. The van der Waals surface area contributed by atoms with E-state index in [9.17, 15) is 9.59 Å². The molecule has 0 bridgehead atoms. The van der Waals surface area contributed by atoms with Crippen LogP contribution >= 0.6 is 0 Å². The first-order valence-corrected chi connectivity index (χ1v) is 13.7. The van der Waals surface area contributed by atoms with Crippen LogP contribution in [0.25, 0.3) is 0 Å². The Morgan fingerprint density at radius 2 is 1.38 bits per heavy atom. The second-order valence-corrected chi connectivity index (χ2v) is 10.8. The van der Waals surface area contributed by atoms with Crippen molar-refractivity contribution in [3.8, 4) is 0 Å². The zero-order valence-corrected chi connectivity index (χ0v) is 20.2. The Bertz CT molecular complexity index is 707. The van der Waals surface area contributed by atoms with Crippen LogP contribution in [0.4, 0.5) is 0 Å². The van der Waals surface area contributed by atoms with E-state index in [1.165, 1.54) is 57.8 Å². The maximum atomic E-state index is 14.1. The Morgan fingerprint density at radius 3 is 2.00 bits per heavy atom. The van der Waals surface area contributed by atoms with Crippen LogP contribution in [0.1, 0.15) is 116 Å². The van der Waals surface area contributed by atoms with E-state index in [0.29, 0.717) is 12.0 Å². The zero-order valence-electron chi connectivity index (χ0n) is 20.2. The van der Waals surface area contributed by atoms with E-state index in [-0.39, 0.29) is 23.9 Å². The number of amides is 2. The third-order valence-electron chi connectivity index (χ3n) is 8.44. The van der Waals surface area contributed by atoms with Gasteiger partial charge in [0, 0.05) is 17.7 Å². The SMILES string of the molecule is CC1=CCCC=C1C(=O)N(C1CCCCC1)C(C(=O)NC1CCCCC1)C1CCCCC1. The molecule has 4 aliphatic rings. The van der Waals surface area contributed by atoms with E-state index < -0.39 is 0 Å². The summed E-state index contributed by atoms with van der Waals surface area (Å²) in [6, 6.07) is 0.195. The number of hydrogen-bond acceptors (Lipinski definition) is 2. The van der Waals surface area contributed by atoms with Gasteiger partial charge in [0.15, 0.2) is 0 Å². The van der Waals surface area contributed by atoms with Gasteiger partial charge >= 0.3 is 0 Å². The third-order valence-corrected chi connectivity index (χ3v) is 8.44. The van der Waals surface area contributed by atoms with Gasteiger partial charge < -0.3 is 10.2 Å². The molecule has 0 saturated heterocycles. The molecule has 4 heteroatoms. The molecule has 0 aromatic carbocycles. The van der Waals surface area contributed by atoms with Crippen LogP contribution in [0, 0.1) is 5.92 Å². The first-order valence-electron chi connectivity index (χ1n) is 13.7. The second kappa shape index (κ2) is 11.5. The van der Waals surface area contributed by atoms with Crippen LogP contribution in [0.5, 0.6) is 0 Å². The van der Waals surface area contributed by atoms with Crippen LogP contribution in [0.3, 0.4) is 0 Å². The second-order valence-electron chi connectivity index (χ2n) is 10.8. The van der Waals surface area contributed by atoms with Gasteiger partial charge in [-0.15, -0.1) is 0 Å². The minimum absolute atomic E-state index is 0.125. The number of allylic oxidation sites excluding steroid dienone is 2. The summed E-state index contributed by atoms with van der Waals surface area (Å²) in [6.45, 7) is 2.07. The van der Waals surface area contributed by atoms with Crippen molar-refractivity contribution in [3.05, 3.63) is 23.3 Å². The molecule has 4 rings (SSSR count). The Labute approximate surface area is 195 Å². The Hall–Kier alpha value is -1.58. The van der Waals surface area contributed by atoms with Crippen molar-refractivity contribution in [2.45, 2.75) is 134 Å². The summed E-state index contributed by atoms with van der Waals surface area (Å²) in [5, 5.41) is 3.44. The summed E-state index contributed by atoms with van der Waals surface area (Å²) >= 11 is 0. The highest BCUT2D eigenvalue weighted by atomic mass is 16.2. The number of carbonyl (C=O) groups is 2. The van der Waals surface area contributed by atoms with E-state index >= 15 is 0 Å². The van der Waals surface area contributed by atoms with Crippen molar-refractivity contribution >= 4 is 11.8 Å². The summed E-state index contributed by atoms with van der Waals surface area (Å²) in [7, 11) is 0. The molecule has 0 aromatic heterocycles. The van der Waals surface area contributed by atoms with E-state index in [0.717, 1.165) is 62.5 Å². The third kappa shape index (κ3) is 5.66. The number of carbonyl (C=O) groups excluding carboxylic acids is 2. The fourth-order valence-electron chi connectivity index (χ4n) is 6.62. The molecule has 3 fully saturated rings.